The molecular formula is C12H16N2O3. The van der Waals surface area contributed by atoms with Gasteiger partial charge in [-0.3, -0.25) is 9.59 Å². The molecule has 17 heavy (non-hydrogen) atoms. The zero-order valence-corrected chi connectivity index (χ0v) is 9.48. The van der Waals surface area contributed by atoms with Gasteiger partial charge in [-0.05, 0) is 18.1 Å². The van der Waals surface area contributed by atoms with E-state index in [1.165, 1.54) is 0 Å². The van der Waals surface area contributed by atoms with Crippen LogP contribution in [0.5, 0.6) is 0 Å². The molecule has 1 aromatic rings. The van der Waals surface area contributed by atoms with Gasteiger partial charge in [0.05, 0.1) is 0 Å². The third-order valence-electron chi connectivity index (χ3n) is 2.33. The minimum absolute atomic E-state index is 0.0148. The van der Waals surface area contributed by atoms with Gasteiger partial charge in [-0.2, -0.15) is 0 Å². The lowest BCUT2D eigenvalue weighted by Gasteiger charge is -2.07. The Balaban J connectivity index is 2.29. The van der Waals surface area contributed by atoms with Gasteiger partial charge < -0.3 is 16.2 Å². The third-order valence-corrected chi connectivity index (χ3v) is 2.33. The largest absolute Gasteiger partial charge is 0.481 e. The van der Waals surface area contributed by atoms with E-state index in [0.717, 1.165) is 5.56 Å². The summed E-state index contributed by atoms with van der Waals surface area (Å²) in [6.45, 7) is 0.374. The predicted octanol–water partition coefficient (Wildman–Crippen LogP) is 1.14. The number of amides is 1. The molecular weight excluding hydrogens is 220 g/mol. The number of nitrogen functional groups attached to an aromatic ring is 1. The van der Waals surface area contributed by atoms with Gasteiger partial charge in [-0.15, -0.1) is 0 Å². The van der Waals surface area contributed by atoms with E-state index in [1.54, 1.807) is 6.07 Å². The quantitative estimate of drug-likeness (QED) is 0.646. The van der Waals surface area contributed by atoms with Crippen molar-refractivity contribution in [1.82, 2.24) is 5.32 Å². The van der Waals surface area contributed by atoms with E-state index in [1.807, 2.05) is 18.2 Å². The molecule has 1 aromatic carbocycles. The molecule has 0 saturated heterocycles. The Hall–Kier alpha value is -2.04. The molecule has 0 spiro atoms. The van der Waals surface area contributed by atoms with E-state index < -0.39 is 5.97 Å². The van der Waals surface area contributed by atoms with Gasteiger partial charge >= 0.3 is 5.97 Å². The molecule has 0 aromatic heterocycles. The smallest absolute Gasteiger partial charge is 0.303 e. The first kappa shape index (κ1) is 13.0. The summed E-state index contributed by atoms with van der Waals surface area (Å²) in [5.41, 5.74) is 7.22. The summed E-state index contributed by atoms with van der Waals surface area (Å²) in [4.78, 5) is 21.6. The molecule has 5 heteroatoms. The number of rotatable bonds is 6. The van der Waals surface area contributed by atoms with Crippen molar-refractivity contribution in [1.29, 1.82) is 0 Å². The number of aliphatic carboxylic acids is 1. The van der Waals surface area contributed by atoms with Crippen LogP contribution in [0, 0.1) is 0 Å². The molecule has 0 unspecified atom stereocenters. The maximum Gasteiger partial charge on any atom is 0.303 e. The van der Waals surface area contributed by atoms with Gasteiger partial charge in [0.1, 0.15) is 0 Å². The monoisotopic (exact) mass is 236 g/mol. The van der Waals surface area contributed by atoms with Crippen LogP contribution < -0.4 is 11.1 Å². The van der Waals surface area contributed by atoms with E-state index in [9.17, 15) is 9.59 Å². The minimum atomic E-state index is -0.884. The third kappa shape index (κ3) is 5.01. The maximum absolute atomic E-state index is 11.4. The summed E-state index contributed by atoms with van der Waals surface area (Å²) < 4.78 is 0. The van der Waals surface area contributed by atoms with Gasteiger partial charge in [0.25, 0.3) is 0 Å². The zero-order chi connectivity index (χ0) is 12.7. The second-order valence-electron chi connectivity index (χ2n) is 3.72. The number of hydrogen-bond acceptors (Lipinski definition) is 3. The van der Waals surface area contributed by atoms with E-state index in [2.05, 4.69) is 5.32 Å². The summed E-state index contributed by atoms with van der Waals surface area (Å²) in [5.74, 6) is -1.04. The molecule has 0 radical (unpaired) electrons. The fourth-order valence-electron chi connectivity index (χ4n) is 1.38. The Morgan fingerprint density at radius 3 is 2.59 bits per heavy atom. The number of nitrogens with one attached hydrogen (secondary N) is 1. The highest BCUT2D eigenvalue weighted by Crippen LogP contribution is 2.09. The zero-order valence-electron chi connectivity index (χ0n) is 9.48. The Morgan fingerprint density at radius 1 is 1.24 bits per heavy atom. The van der Waals surface area contributed by atoms with E-state index in [-0.39, 0.29) is 18.7 Å². The molecule has 5 nitrogen and oxygen atoms in total. The fraction of sp³-hybridized carbons (Fsp3) is 0.333. The van der Waals surface area contributed by atoms with Crippen LogP contribution in [0.25, 0.3) is 0 Å². The number of para-hydroxylation sites is 1. The number of carbonyl (C=O) groups excluding carboxylic acids is 1. The van der Waals surface area contributed by atoms with Crippen LogP contribution in [-0.2, 0) is 16.1 Å². The summed E-state index contributed by atoms with van der Waals surface area (Å²) in [7, 11) is 0. The van der Waals surface area contributed by atoms with Crippen LogP contribution in [0.15, 0.2) is 24.3 Å². The number of nitrogens with two attached hydrogens (primary N) is 1. The Morgan fingerprint density at radius 2 is 1.94 bits per heavy atom. The maximum atomic E-state index is 11.4. The van der Waals surface area contributed by atoms with E-state index in [0.29, 0.717) is 18.7 Å². The molecule has 1 rings (SSSR count). The molecule has 0 atom stereocenters. The topological polar surface area (TPSA) is 92.4 Å². The Labute approximate surface area is 99.6 Å². The highest BCUT2D eigenvalue weighted by Gasteiger charge is 2.04. The van der Waals surface area contributed by atoms with E-state index >= 15 is 0 Å². The van der Waals surface area contributed by atoms with Crippen molar-refractivity contribution in [3.63, 3.8) is 0 Å². The Bertz CT molecular complexity index is 404. The average Bonchev–Trinajstić information content (AvgIpc) is 2.27. The summed E-state index contributed by atoms with van der Waals surface area (Å²) >= 11 is 0. The number of hydrogen-bond donors (Lipinski definition) is 3. The second-order valence-corrected chi connectivity index (χ2v) is 3.72. The standard InChI is InChI=1S/C12H16N2O3/c13-10-5-2-1-4-9(10)8-14-11(15)6-3-7-12(16)17/h1-2,4-5H,3,6-8,13H2,(H,14,15)(H,16,17). The van der Waals surface area contributed by atoms with Crippen molar-refractivity contribution < 1.29 is 14.7 Å². The molecule has 92 valence electrons. The lowest BCUT2D eigenvalue weighted by atomic mass is 10.1. The first-order valence-corrected chi connectivity index (χ1v) is 5.41. The van der Waals surface area contributed by atoms with Crippen LogP contribution >= 0.6 is 0 Å². The predicted molar refractivity (Wildman–Crippen MR) is 64.2 cm³/mol. The van der Waals surface area contributed by atoms with Gasteiger partial charge in [0.15, 0.2) is 0 Å². The van der Waals surface area contributed by atoms with Crippen LogP contribution in [0.3, 0.4) is 0 Å². The number of carboxylic acid groups (broad SMARTS) is 1. The molecule has 0 aliphatic rings. The molecule has 1 amide bonds. The van der Waals surface area contributed by atoms with Crippen molar-refractivity contribution in [3.8, 4) is 0 Å². The van der Waals surface area contributed by atoms with Crippen LogP contribution in [-0.4, -0.2) is 17.0 Å². The fourth-order valence-corrected chi connectivity index (χ4v) is 1.38. The highest BCUT2D eigenvalue weighted by molar-refractivity contribution is 5.76. The number of carboxylic acids is 1. The van der Waals surface area contributed by atoms with Crippen molar-refractivity contribution in [3.05, 3.63) is 29.8 Å². The summed E-state index contributed by atoms with van der Waals surface area (Å²) in [5, 5.41) is 11.1. The molecule has 4 N–H and O–H groups in total. The van der Waals surface area contributed by atoms with Crippen LogP contribution in [0.1, 0.15) is 24.8 Å². The Kier molecular flexibility index (Phi) is 5.00. The first-order valence-electron chi connectivity index (χ1n) is 5.41. The van der Waals surface area contributed by atoms with Gasteiger partial charge in [0.2, 0.25) is 5.91 Å². The van der Waals surface area contributed by atoms with Crippen molar-refractivity contribution >= 4 is 17.6 Å². The molecule has 0 aliphatic heterocycles. The number of benzene rings is 1. The first-order chi connectivity index (χ1) is 8.09. The van der Waals surface area contributed by atoms with Gasteiger partial charge in [0, 0.05) is 25.1 Å². The van der Waals surface area contributed by atoms with E-state index in [4.69, 9.17) is 10.8 Å². The number of carbonyl (C=O) groups is 2. The van der Waals surface area contributed by atoms with Crippen molar-refractivity contribution in [2.45, 2.75) is 25.8 Å². The second kappa shape index (κ2) is 6.52. The van der Waals surface area contributed by atoms with Gasteiger partial charge in [-0.1, -0.05) is 18.2 Å². The molecule has 0 aliphatic carbocycles. The minimum Gasteiger partial charge on any atom is -0.481 e. The summed E-state index contributed by atoms with van der Waals surface area (Å²) in [6, 6.07) is 7.29. The van der Waals surface area contributed by atoms with Crippen LogP contribution in [0.4, 0.5) is 5.69 Å². The average molecular weight is 236 g/mol. The normalized spacial score (nSPS) is 9.88. The number of anilines is 1. The lowest BCUT2D eigenvalue weighted by Crippen LogP contribution is -2.23. The van der Waals surface area contributed by atoms with Gasteiger partial charge in [-0.25, -0.2) is 0 Å². The van der Waals surface area contributed by atoms with Crippen LogP contribution in [0.2, 0.25) is 0 Å². The van der Waals surface area contributed by atoms with Crippen molar-refractivity contribution in [2.24, 2.45) is 0 Å². The lowest BCUT2D eigenvalue weighted by molar-refractivity contribution is -0.137. The van der Waals surface area contributed by atoms with Crippen molar-refractivity contribution in [2.75, 3.05) is 5.73 Å². The molecule has 0 saturated carbocycles. The molecule has 0 fully saturated rings. The molecule has 0 bridgehead atoms. The molecule has 0 heterocycles. The SMILES string of the molecule is Nc1ccccc1CNC(=O)CCCC(=O)O. The summed E-state index contributed by atoms with van der Waals surface area (Å²) in [6.07, 6.45) is 0.589. The highest BCUT2D eigenvalue weighted by atomic mass is 16.4.